The number of hydrogen-bond acceptors (Lipinski definition) is 6. The van der Waals surface area contributed by atoms with Crippen LogP contribution in [0.2, 0.25) is 0 Å². The van der Waals surface area contributed by atoms with Gasteiger partial charge in [-0.2, -0.15) is 12.6 Å². The largest absolute Gasteiger partial charge is 0.390 e. The molecule has 2 bridgehead atoms. The second-order valence-corrected chi connectivity index (χ2v) is 5.41. The topological polar surface area (TPSA) is 81.5 Å². The van der Waals surface area contributed by atoms with Gasteiger partial charge in [0.25, 0.3) is 0 Å². The van der Waals surface area contributed by atoms with Crippen LogP contribution in [0.1, 0.15) is 35.0 Å². The Morgan fingerprint density at radius 1 is 1.29 bits per heavy atom. The van der Waals surface area contributed by atoms with Crippen LogP contribution < -0.4 is 5.32 Å². The number of nitro groups is 1. The van der Waals surface area contributed by atoms with Crippen molar-refractivity contribution >= 4 is 18.6 Å². The van der Waals surface area contributed by atoms with E-state index in [1.807, 2.05) is 0 Å². The molecule has 0 aliphatic carbocycles. The van der Waals surface area contributed by atoms with Gasteiger partial charge in [0, 0.05) is 0 Å². The Balaban J connectivity index is 0.000000173. The first kappa shape index (κ1) is 15.8. The van der Waals surface area contributed by atoms with Gasteiger partial charge in [-0.05, 0) is 61.9 Å². The minimum atomic E-state index is -1.36. The highest BCUT2D eigenvalue weighted by molar-refractivity contribution is 7.80. The number of ether oxygens (including phenoxy) is 1. The third-order valence-electron chi connectivity index (χ3n) is 3.56. The molecule has 0 saturated carbocycles. The lowest BCUT2D eigenvalue weighted by atomic mass is 10.0. The van der Waals surface area contributed by atoms with E-state index in [1.54, 1.807) is 0 Å². The van der Waals surface area contributed by atoms with E-state index in [2.05, 4.69) is 22.7 Å². The van der Waals surface area contributed by atoms with Gasteiger partial charge in [0.15, 0.2) is 0 Å². The molecule has 3 heterocycles. The number of rotatable bonds is 2. The van der Waals surface area contributed by atoms with Crippen molar-refractivity contribution in [2.45, 2.75) is 19.1 Å². The minimum Gasteiger partial charge on any atom is -0.390 e. The zero-order valence-corrected chi connectivity index (χ0v) is 12.4. The van der Waals surface area contributed by atoms with Crippen molar-refractivity contribution in [1.82, 2.24) is 5.32 Å². The van der Waals surface area contributed by atoms with Crippen LogP contribution in [0.15, 0.2) is 24.3 Å². The Morgan fingerprint density at radius 2 is 1.90 bits per heavy atom. The maximum absolute atomic E-state index is 11.1. The fraction of sp³-hybridized carbons (Fsp3) is 0.500. The van der Waals surface area contributed by atoms with E-state index in [1.165, 1.54) is 50.2 Å². The highest BCUT2D eigenvalue weighted by Gasteiger charge is 2.30. The van der Waals surface area contributed by atoms with Gasteiger partial charge in [0.2, 0.25) is 0 Å². The van der Waals surface area contributed by atoms with Crippen molar-refractivity contribution in [3.8, 4) is 0 Å². The standard InChI is InChI=1S/C8H5NO4.C6H13NS/c10-8-6-3-1-5(2-4-6)7(13-8)9(11)12;8-5-6-1-3-7-4-2-6/h1-4,7H;6-8H,1-5H2. The zero-order valence-electron chi connectivity index (χ0n) is 11.5. The van der Waals surface area contributed by atoms with Crippen LogP contribution in [0, 0.1) is 16.0 Å². The zero-order chi connectivity index (χ0) is 15.2. The van der Waals surface area contributed by atoms with Gasteiger partial charge in [-0.1, -0.05) is 0 Å². The molecule has 4 rings (SSSR count). The number of fused-ring (bicyclic) bond motifs is 4. The fourth-order valence-corrected chi connectivity index (χ4v) is 2.62. The quantitative estimate of drug-likeness (QED) is 0.378. The van der Waals surface area contributed by atoms with Crippen LogP contribution >= 0.6 is 12.6 Å². The van der Waals surface area contributed by atoms with Crippen LogP contribution in [0.5, 0.6) is 0 Å². The number of esters is 1. The molecular formula is C14H18N2O4S. The summed E-state index contributed by atoms with van der Waals surface area (Å²) in [6, 6.07) is 6.07. The highest BCUT2D eigenvalue weighted by atomic mass is 32.1. The first-order chi connectivity index (χ1) is 10.1. The normalized spacial score (nSPS) is 21.0. The third kappa shape index (κ3) is 4.18. The molecule has 1 N–H and O–H groups in total. The van der Waals surface area contributed by atoms with Crippen LogP contribution in [0.3, 0.4) is 0 Å². The molecule has 1 fully saturated rings. The number of thiol groups is 1. The molecular weight excluding hydrogens is 292 g/mol. The monoisotopic (exact) mass is 310 g/mol. The Bertz CT molecular complexity index is 500. The molecule has 0 aromatic heterocycles. The molecule has 1 aromatic carbocycles. The Labute approximate surface area is 128 Å². The minimum absolute atomic E-state index is 0.341. The lowest BCUT2D eigenvalue weighted by Crippen LogP contribution is -2.28. The van der Waals surface area contributed by atoms with Gasteiger partial charge in [0.05, 0.1) is 16.1 Å². The third-order valence-corrected chi connectivity index (χ3v) is 4.08. The molecule has 1 aromatic rings. The van der Waals surface area contributed by atoms with E-state index in [9.17, 15) is 14.9 Å². The Hall–Kier alpha value is -1.60. The van der Waals surface area contributed by atoms with E-state index in [0.717, 1.165) is 11.7 Å². The van der Waals surface area contributed by atoms with E-state index in [-0.39, 0.29) is 0 Å². The number of benzene rings is 1. The molecule has 6 nitrogen and oxygen atoms in total. The van der Waals surface area contributed by atoms with Crippen molar-refractivity contribution in [1.29, 1.82) is 0 Å². The number of hydrogen-bond donors (Lipinski definition) is 2. The number of carbonyl (C=O) groups is 1. The molecule has 1 atom stereocenters. The van der Waals surface area contributed by atoms with E-state index >= 15 is 0 Å². The van der Waals surface area contributed by atoms with Crippen molar-refractivity contribution in [2.24, 2.45) is 5.92 Å². The molecule has 0 radical (unpaired) electrons. The average molecular weight is 310 g/mol. The summed E-state index contributed by atoms with van der Waals surface area (Å²) < 4.78 is 4.62. The van der Waals surface area contributed by atoms with Gasteiger partial charge >= 0.3 is 12.2 Å². The van der Waals surface area contributed by atoms with Crippen molar-refractivity contribution in [3.63, 3.8) is 0 Å². The van der Waals surface area contributed by atoms with E-state index in [4.69, 9.17) is 0 Å². The number of piperidine rings is 1. The molecule has 0 amide bonds. The first-order valence-electron chi connectivity index (χ1n) is 6.88. The van der Waals surface area contributed by atoms with Gasteiger partial charge in [-0.3, -0.25) is 10.1 Å². The van der Waals surface area contributed by atoms with Gasteiger partial charge in [-0.15, -0.1) is 0 Å². The summed E-state index contributed by atoms with van der Waals surface area (Å²) in [6.07, 6.45) is 1.28. The maximum Gasteiger partial charge on any atom is 0.383 e. The summed E-state index contributed by atoms with van der Waals surface area (Å²) >= 11 is 4.24. The number of nitrogens with zero attached hydrogens (tertiary/aromatic N) is 1. The summed E-state index contributed by atoms with van der Waals surface area (Å²) in [5.41, 5.74) is 0.729. The lowest BCUT2D eigenvalue weighted by molar-refractivity contribution is -0.574. The lowest BCUT2D eigenvalue weighted by Gasteiger charge is -2.19. The van der Waals surface area contributed by atoms with Gasteiger partial charge in [0.1, 0.15) is 0 Å². The molecule has 3 aliphatic rings. The van der Waals surface area contributed by atoms with Crippen molar-refractivity contribution in [2.75, 3.05) is 18.8 Å². The molecule has 21 heavy (non-hydrogen) atoms. The smallest absolute Gasteiger partial charge is 0.383 e. The summed E-state index contributed by atoms with van der Waals surface area (Å²) in [7, 11) is 0. The Kier molecular flexibility index (Phi) is 5.58. The van der Waals surface area contributed by atoms with E-state index in [0.29, 0.717) is 11.1 Å². The van der Waals surface area contributed by atoms with Crippen molar-refractivity contribution < 1.29 is 14.5 Å². The Morgan fingerprint density at radius 3 is 2.38 bits per heavy atom. The fourth-order valence-electron chi connectivity index (χ4n) is 2.25. The highest BCUT2D eigenvalue weighted by Crippen LogP contribution is 2.24. The molecule has 0 spiro atoms. The SMILES string of the molecule is O=C1OC([N+](=O)[O-])c2ccc1cc2.SCC1CCNCC1. The van der Waals surface area contributed by atoms with Crippen LogP contribution in [-0.2, 0) is 4.74 Å². The van der Waals surface area contributed by atoms with Crippen LogP contribution in [0.4, 0.5) is 0 Å². The summed E-state index contributed by atoms with van der Waals surface area (Å²) in [6.45, 7) is 2.40. The first-order valence-corrected chi connectivity index (χ1v) is 7.51. The molecule has 3 aliphatic heterocycles. The molecule has 1 saturated heterocycles. The number of carbonyl (C=O) groups excluding carboxylic acids is 1. The molecule has 114 valence electrons. The predicted octanol–water partition coefficient (Wildman–Crippen LogP) is 2.05. The summed E-state index contributed by atoms with van der Waals surface area (Å²) in [4.78, 5) is 20.9. The summed E-state index contributed by atoms with van der Waals surface area (Å²) in [5.74, 6) is 1.31. The second kappa shape index (κ2) is 7.42. The van der Waals surface area contributed by atoms with Crippen molar-refractivity contribution in [3.05, 3.63) is 45.5 Å². The average Bonchev–Trinajstić information content (AvgIpc) is 2.78. The number of nitrogens with one attached hydrogen (secondary N) is 1. The van der Waals surface area contributed by atoms with E-state index < -0.39 is 17.1 Å². The molecule has 1 unspecified atom stereocenters. The second-order valence-electron chi connectivity index (χ2n) is 5.04. The predicted molar refractivity (Wildman–Crippen MR) is 81.0 cm³/mol. The molecule has 7 heteroatoms. The van der Waals surface area contributed by atoms with Gasteiger partial charge < -0.3 is 10.1 Å². The van der Waals surface area contributed by atoms with Crippen LogP contribution in [-0.4, -0.2) is 29.7 Å². The van der Waals surface area contributed by atoms with Crippen LogP contribution in [0.25, 0.3) is 0 Å². The van der Waals surface area contributed by atoms with Gasteiger partial charge in [-0.25, -0.2) is 4.79 Å². The maximum atomic E-state index is 11.1. The summed E-state index contributed by atoms with van der Waals surface area (Å²) in [5, 5.41) is 13.8.